The molecule has 8 nitrogen and oxygen atoms in total. The Kier molecular flexibility index (Phi) is 9.18. The highest BCUT2D eigenvalue weighted by molar-refractivity contribution is 6.02. The number of rotatable bonds is 11. The minimum absolute atomic E-state index is 0.0935. The summed E-state index contributed by atoms with van der Waals surface area (Å²) in [6, 6.07) is 7.78. The molecule has 34 heavy (non-hydrogen) atoms. The number of carboxylic acids is 1. The monoisotopic (exact) mass is 472 g/mol. The number of phenols is 1. The minimum Gasteiger partial charge on any atom is -0.507 e. The number of hydrogen-bond acceptors (Lipinski definition) is 7. The summed E-state index contributed by atoms with van der Waals surface area (Å²) >= 11 is 0. The molecule has 0 amide bonds. The summed E-state index contributed by atoms with van der Waals surface area (Å²) in [5.41, 5.74) is 2.59. The lowest BCUT2D eigenvalue weighted by molar-refractivity contribution is 0.0693. The van der Waals surface area contributed by atoms with Gasteiger partial charge in [-0.3, -0.25) is 0 Å². The molecule has 3 N–H and O–H groups in total. The van der Waals surface area contributed by atoms with Crippen LogP contribution >= 0.6 is 0 Å². The van der Waals surface area contributed by atoms with Crippen LogP contribution in [0.2, 0.25) is 0 Å². The highest BCUT2D eigenvalue weighted by Gasteiger charge is 2.26. The molecule has 0 unspecified atom stereocenters. The Morgan fingerprint density at radius 3 is 2.24 bits per heavy atom. The average molecular weight is 473 g/mol. The van der Waals surface area contributed by atoms with Crippen LogP contribution < -0.4 is 14.4 Å². The van der Waals surface area contributed by atoms with Gasteiger partial charge in [0.2, 0.25) is 0 Å². The predicted molar refractivity (Wildman–Crippen MR) is 133 cm³/mol. The van der Waals surface area contributed by atoms with Crippen molar-refractivity contribution in [2.24, 2.45) is 5.16 Å². The molecule has 2 rings (SSSR count). The van der Waals surface area contributed by atoms with Crippen molar-refractivity contribution in [1.29, 1.82) is 0 Å². The summed E-state index contributed by atoms with van der Waals surface area (Å²) in [7, 11) is 0. The van der Waals surface area contributed by atoms with Crippen molar-refractivity contribution in [3.63, 3.8) is 0 Å². The number of aromatic hydroxyl groups is 1. The topological polar surface area (TPSA) is 112 Å². The van der Waals surface area contributed by atoms with Gasteiger partial charge in [-0.05, 0) is 55.5 Å². The first kappa shape index (κ1) is 26.8. The summed E-state index contributed by atoms with van der Waals surface area (Å²) in [6.45, 7) is 14.7. The maximum atomic E-state index is 11.1. The molecule has 0 fully saturated rings. The van der Waals surface area contributed by atoms with Crippen LogP contribution in [-0.4, -0.2) is 53.4 Å². The number of anilines is 1. The van der Waals surface area contributed by atoms with Crippen molar-refractivity contribution in [2.75, 3.05) is 31.2 Å². The number of benzene rings is 2. The second-order valence-electron chi connectivity index (χ2n) is 8.96. The molecule has 0 aliphatic carbocycles. The summed E-state index contributed by atoms with van der Waals surface area (Å²) in [5.74, 6) is -0.662. The summed E-state index contributed by atoms with van der Waals surface area (Å²) in [4.78, 5) is 13.4. The third-order valence-corrected chi connectivity index (χ3v) is 5.45. The molecule has 0 heterocycles. The summed E-state index contributed by atoms with van der Waals surface area (Å²) < 4.78 is 11.8. The van der Waals surface area contributed by atoms with Crippen LogP contribution in [0.4, 0.5) is 5.69 Å². The molecule has 0 aliphatic heterocycles. The Hall–Kier alpha value is -3.42. The van der Waals surface area contributed by atoms with Gasteiger partial charge >= 0.3 is 5.97 Å². The average Bonchev–Trinajstić information content (AvgIpc) is 2.78. The molecule has 2 aromatic carbocycles. The molecule has 0 saturated heterocycles. The van der Waals surface area contributed by atoms with E-state index in [0.717, 1.165) is 36.5 Å². The molecule has 0 aliphatic rings. The van der Waals surface area contributed by atoms with E-state index in [1.165, 1.54) is 18.2 Å². The molecule has 0 atom stereocenters. The zero-order valence-electron chi connectivity index (χ0n) is 20.9. The third kappa shape index (κ3) is 6.34. The number of oxime groups is 1. The smallest absolute Gasteiger partial charge is 0.339 e. The molecule has 186 valence electrons. The van der Waals surface area contributed by atoms with E-state index in [2.05, 4.69) is 44.7 Å². The Labute approximate surface area is 201 Å². The van der Waals surface area contributed by atoms with Gasteiger partial charge in [0, 0.05) is 24.7 Å². The van der Waals surface area contributed by atoms with Gasteiger partial charge in [0.15, 0.2) is 0 Å². The molecular weight excluding hydrogens is 436 g/mol. The van der Waals surface area contributed by atoms with Gasteiger partial charge in [-0.15, -0.1) is 0 Å². The van der Waals surface area contributed by atoms with E-state index in [1.807, 2.05) is 19.1 Å². The van der Waals surface area contributed by atoms with Crippen LogP contribution in [0, 0.1) is 0 Å². The lowest BCUT2D eigenvalue weighted by Crippen LogP contribution is -2.28. The first-order valence-electron chi connectivity index (χ1n) is 11.5. The van der Waals surface area contributed by atoms with Crippen molar-refractivity contribution in [3.05, 3.63) is 47.0 Å². The second-order valence-corrected chi connectivity index (χ2v) is 8.96. The van der Waals surface area contributed by atoms with E-state index < -0.39 is 11.7 Å². The predicted octanol–water partition coefficient (Wildman–Crippen LogP) is 5.28. The van der Waals surface area contributed by atoms with E-state index in [1.54, 1.807) is 0 Å². The van der Waals surface area contributed by atoms with Crippen molar-refractivity contribution >= 4 is 17.4 Å². The van der Waals surface area contributed by atoms with Gasteiger partial charge in [0.25, 0.3) is 0 Å². The van der Waals surface area contributed by atoms with Crippen molar-refractivity contribution < 1.29 is 29.7 Å². The maximum Gasteiger partial charge on any atom is 0.339 e. The molecule has 0 spiro atoms. The first-order valence-corrected chi connectivity index (χ1v) is 11.5. The summed E-state index contributed by atoms with van der Waals surface area (Å²) in [6.07, 6.45) is 0.854. The Morgan fingerprint density at radius 2 is 1.74 bits per heavy atom. The van der Waals surface area contributed by atoms with Crippen LogP contribution in [0.25, 0.3) is 0 Å². The van der Waals surface area contributed by atoms with Gasteiger partial charge in [-0.1, -0.05) is 32.9 Å². The van der Waals surface area contributed by atoms with Crippen LogP contribution in [-0.2, 0) is 5.41 Å². The first-order chi connectivity index (χ1) is 16.1. The number of carboxylic acid groups (broad SMARTS) is 1. The van der Waals surface area contributed by atoms with Crippen molar-refractivity contribution in [3.8, 4) is 17.2 Å². The van der Waals surface area contributed by atoms with E-state index >= 15 is 0 Å². The Balaban J connectivity index is 2.48. The number of hydrogen-bond donors (Lipinski definition) is 3. The minimum atomic E-state index is -1.23. The fraction of sp³-hybridized carbons (Fsp3) is 0.462. The Bertz CT molecular complexity index is 1020. The van der Waals surface area contributed by atoms with E-state index in [4.69, 9.17) is 14.6 Å². The van der Waals surface area contributed by atoms with Crippen LogP contribution in [0.3, 0.4) is 0 Å². The number of carbonyl (C=O) groups is 1. The fourth-order valence-electron chi connectivity index (χ4n) is 3.64. The Morgan fingerprint density at radius 1 is 1.06 bits per heavy atom. The van der Waals surface area contributed by atoms with Gasteiger partial charge in [-0.2, -0.15) is 0 Å². The molecule has 0 saturated carbocycles. The summed E-state index contributed by atoms with van der Waals surface area (Å²) in [5, 5.41) is 32.2. The van der Waals surface area contributed by atoms with Gasteiger partial charge < -0.3 is 29.8 Å². The number of ether oxygens (including phenoxy) is 2. The second kappa shape index (κ2) is 11.6. The van der Waals surface area contributed by atoms with Gasteiger partial charge in [-0.25, -0.2) is 4.79 Å². The van der Waals surface area contributed by atoms with E-state index in [-0.39, 0.29) is 29.0 Å². The van der Waals surface area contributed by atoms with E-state index in [9.17, 15) is 15.1 Å². The highest BCUT2D eigenvalue weighted by Crippen LogP contribution is 2.41. The van der Waals surface area contributed by atoms with Gasteiger partial charge in [0.05, 0.1) is 12.3 Å². The maximum absolute atomic E-state index is 11.1. The molecule has 0 aromatic heterocycles. The number of nitrogens with zero attached hydrogens (tertiary/aromatic N) is 2. The van der Waals surface area contributed by atoms with E-state index in [0.29, 0.717) is 12.2 Å². The van der Waals surface area contributed by atoms with Crippen molar-refractivity contribution in [1.82, 2.24) is 0 Å². The molecule has 0 bridgehead atoms. The lowest BCUT2D eigenvalue weighted by Gasteiger charge is -2.32. The van der Waals surface area contributed by atoms with Crippen LogP contribution in [0.5, 0.6) is 17.2 Å². The molecule has 8 heteroatoms. The van der Waals surface area contributed by atoms with Crippen LogP contribution in [0.15, 0.2) is 35.5 Å². The molecule has 2 aromatic rings. The normalized spacial score (nSPS) is 11.9. The number of aromatic carboxylic acids is 1. The zero-order chi connectivity index (χ0) is 25.5. The fourth-order valence-corrected chi connectivity index (χ4v) is 3.64. The standard InChI is InChI=1S/C26H36N2O6/c1-7-12-33-23-14-17(13-20(26(4,5)6)24(23)28(8-2)9-3)21(27-32)16-34-18-10-11-19(25(30)31)22(29)15-18/h10-11,13-15,29,32H,7-9,12,16H2,1-6H3,(H,30,31). The molecule has 0 radical (unpaired) electrons. The third-order valence-electron chi connectivity index (χ3n) is 5.45. The quantitative estimate of drug-likeness (QED) is 0.232. The van der Waals surface area contributed by atoms with Crippen molar-refractivity contribution in [2.45, 2.75) is 53.4 Å². The molecular formula is C26H36N2O6. The highest BCUT2D eigenvalue weighted by atomic mass is 16.5. The SMILES string of the molecule is CCCOc1cc(C(COc2ccc(C(=O)O)c(O)c2)=NO)cc(C(C)(C)C)c1N(CC)CC. The van der Waals surface area contributed by atoms with Crippen LogP contribution in [0.1, 0.15) is 69.4 Å². The van der Waals surface area contributed by atoms with Gasteiger partial charge in [0.1, 0.15) is 35.1 Å². The lowest BCUT2D eigenvalue weighted by atomic mass is 9.83. The zero-order valence-corrected chi connectivity index (χ0v) is 20.9. The largest absolute Gasteiger partial charge is 0.507 e.